The van der Waals surface area contributed by atoms with Gasteiger partial charge in [-0.1, -0.05) is 18.5 Å². The standard InChI is InChI=1S/C16H20ClN3O3/c1-2-6-18-8-10-19(11-9-18)7-5-16(21)13-3-4-14(17)15(12-13)20(22)23/h3-5,7,12H,2,6,8-11H2,1H3. The summed E-state index contributed by atoms with van der Waals surface area (Å²) in [5.41, 5.74) is 0.0149. The van der Waals surface area contributed by atoms with Gasteiger partial charge in [0.25, 0.3) is 5.69 Å². The van der Waals surface area contributed by atoms with Crippen LogP contribution in [0.2, 0.25) is 5.02 Å². The molecule has 0 aliphatic carbocycles. The summed E-state index contributed by atoms with van der Waals surface area (Å²) in [6.07, 6.45) is 4.37. The van der Waals surface area contributed by atoms with Gasteiger partial charge in [0.15, 0.2) is 5.78 Å². The number of nitrogens with zero attached hydrogens (tertiary/aromatic N) is 3. The van der Waals surface area contributed by atoms with E-state index in [2.05, 4.69) is 16.7 Å². The van der Waals surface area contributed by atoms with Gasteiger partial charge in [-0.15, -0.1) is 0 Å². The summed E-state index contributed by atoms with van der Waals surface area (Å²) in [5.74, 6) is -0.263. The quantitative estimate of drug-likeness (QED) is 0.345. The minimum Gasteiger partial charge on any atom is -0.375 e. The SMILES string of the molecule is CCCN1CCN(C=CC(=O)c2ccc(Cl)c([N+](=O)[O-])c2)CC1. The predicted molar refractivity (Wildman–Crippen MR) is 89.9 cm³/mol. The van der Waals surface area contributed by atoms with Crippen LogP contribution in [0.25, 0.3) is 0 Å². The first-order valence-corrected chi connectivity index (χ1v) is 8.02. The Bertz CT molecular complexity index is 611. The fourth-order valence-electron chi connectivity index (χ4n) is 2.53. The van der Waals surface area contributed by atoms with E-state index in [0.717, 1.165) is 39.1 Å². The number of piperazine rings is 1. The van der Waals surface area contributed by atoms with Gasteiger partial charge in [0, 0.05) is 50.1 Å². The molecule has 7 heteroatoms. The third-order valence-corrected chi connectivity index (χ3v) is 4.13. The van der Waals surface area contributed by atoms with Crippen molar-refractivity contribution in [3.63, 3.8) is 0 Å². The number of hydrogen-bond donors (Lipinski definition) is 0. The molecule has 0 N–H and O–H groups in total. The van der Waals surface area contributed by atoms with Gasteiger partial charge in [0.1, 0.15) is 5.02 Å². The van der Waals surface area contributed by atoms with Gasteiger partial charge in [-0.3, -0.25) is 19.8 Å². The number of nitro benzene ring substituents is 1. The Labute approximate surface area is 140 Å². The number of halogens is 1. The van der Waals surface area contributed by atoms with Crippen LogP contribution in [0.5, 0.6) is 0 Å². The van der Waals surface area contributed by atoms with E-state index in [-0.39, 0.29) is 22.1 Å². The molecule has 0 bridgehead atoms. The van der Waals surface area contributed by atoms with Crippen molar-refractivity contribution in [3.8, 4) is 0 Å². The van der Waals surface area contributed by atoms with Crippen molar-refractivity contribution >= 4 is 23.1 Å². The highest BCUT2D eigenvalue weighted by atomic mass is 35.5. The number of carbonyl (C=O) groups is 1. The van der Waals surface area contributed by atoms with Crippen LogP contribution in [0.3, 0.4) is 0 Å². The lowest BCUT2D eigenvalue weighted by atomic mass is 10.1. The fourth-order valence-corrected chi connectivity index (χ4v) is 2.71. The molecule has 1 aliphatic heterocycles. The second kappa shape index (κ2) is 8.08. The molecule has 1 saturated heterocycles. The molecule has 0 unspecified atom stereocenters. The molecule has 1 aromatic rings. The van der Waals surface area contributed by atoms with E-state index in [1.54, 1.807) is 6.20 Å². The highest BCUT2D eigenvalue weighted by Crippen LogP contribution is 2.25. The summed E-state index contributed by atoms with van der Waals surface area (Å²) >= 11 is 5.75. The molecule has 0 atom stereocenters. The van der Waals surface area contributed by atoms with E-state index in [1.165, 1.54) is 24.3 Å². The summed E-state index contributed by atoms with van der Waals surface area (Å²) in [5, 5.41) is 10.9. The van der Waals surface area contributed by atoms with Gasteiger partial charge in [-0.2, -0.15) is 0 Å². The highest BCUT2D eigenvalue weighted by molar-refractivity contribution is 6.32. The first-order valence-electron chi connectivity index (χ1n) is 7.64. The zero-order chi connectivity index (χ0) is 16.8. The van der Waals surface area contributed by atoms with Crippen LogP contribution in [-0.2, 0) is 0 Å². The van der Waals surface area contributed by atoms with E-state index in [0.29, 0.717) is 0 Å². The second-order valence-corrected chi connectivity index (χ2v) is 5.89. The Morgan fingerprint density at radius 3 is 2.65 bits per heavy atom. The van der Waals surface area contributed by atoms with E-state index in [9.17, 15) is 14.9 Å². The average Bonchev–Trinajstić information content (AvgIpc) is 2.54. The fraction of sp³-hybridized carbons (Fsp3) is 0.438. The monoisotopic (exact) mass is 337 g/mol. The van der Waals surface area contributed by atoms with Crippen LogP contribution < -0.4 is 0 Å². The molecule has 2 rings (SSSR count). The van der Waals surface area contributed by atoms with Crippen molar-refractivity contribution in [2.24, 2.45) is 0 Å². The summed E-state index contributed by atoms with van der Waals surface area (Å²) in [4.78, 5) is 26.9. The zero-order valence-corrected chi connectivity index (χ0v) is 13.8. The van der Waals surface area contributed by atoms with Gasteiger partial charge >= 0.3 is 0 Å². The molecule has 1 aliphatic rings. The summed E-state index contributed by atoms with van der Waals surface area (Å²) < 4.78 is 0. The smallest absolute Gasteiger partial charge is 0.288 e. The van der Waals surface area contributed by atoms with E-state index in [4.69, 9.17) is 11.6 Å². The Balaban J connectivity index is 1.97. The lowest BCUT2D eigenvalue weighted by Gasteiger charge is -2.33. The third-order valence-electron chi connectivity index (χ3n) is 3.81. The summed E-state index contributed by atoms with van der Waals surface area (Å²) in [6.45, 7) is 6.99. The topological polar surface area (TPSA) is 66.7 Å². The van der Waals surface area contributed by atoms with Crippen LogP contribution in [0, 0.1) is 10.1 Å². The number of hydrogen-bond acceptors (Lipinski definition) is 5. The van der Waals surface area contributed by atoms with Crippen molar-refractivity contribution in [3.05, 3.63) is 51.2 Å². The Kier molecular flexibility index (Phi) is 6.12. The van der Waals surface area contributed by atoms with E-state index >= 15 is 0 Å². The number of nitro groups is 1. The van der Waals surface area contributed by atoms with E-state index < -0.39 is 4.92 Å². The molecular weight excluding hydrogens is 318 g/mol. The minimum atomic E-state index is -0.588. The van der Waals surface area contributed by atoms with Crippen molar-refractivity contribution < 1.29 is 9.72 Å². The molecule has 6 nitrogen and oxygen atoms in total. The Morgan fingerprint density at radius 1 is 1.35 bits per heavy atom. The number of benzene rings is 1. The molecule has 0 spiro atoms. The maximum Gasteiger partial charge on any atom is 0.288 e. The lowest BCUT2D eigenvalue weighted by molar-refractivity contribution is -0.384. The van der Waals surface area contributed by atoms with Gasteiger partial charge in [-0.05, 0) is 25.1 Å². The van der Waals surface area contributed by atoms with Crippen molar-refractivity contribution in [2.75, 3.05) is 32.7 Å². The Morgan fingerprint density at radius 2 is 2.04 bits per heavy atom. The van der Waals surface area contributed by atoms with Crippen molar-refractivity contribution in [1.29, 1.82) is 0 Å². The van der Waals surface area contributed by atoms with E-state index in [1.807, 2.05) is 0 Å². The predicted octanol–water partition coefficient (Wildman–Crippen LogP) is 2.97. The maximum absolute atomic E-state index is 12.2. The van der Waals surface area contributed by atoms with Gasteiger partial charge in [0.05, 0.1) is 4.92 Å². The van der Waals surface area contributed by atoms with Gasteiger partial charge in [0.2, 0.25) is 0 Å². The van der Waals surface area contributed by atoms with Gasteiger partial charge in [-0.25, -0.2) is 0 Å². The summed E-state index contributed by atoms with van der Waals surface area (Å²) in [7, 11) is 0. The number of carbonyl (C=O) groups excluding carboxylic acids is 1. The summed E-state index contributed by atoms with van der Waals surface area (Å²) in [6, 6.07) is 4.10. The molecule has 1 fully saturated rings. The molecule has 0 radical (unpaired) electrons. The first kappa shape index (κ1) is 17.4. The van der Waals surface area contributed by atoms with Crippen LogP contribution in [-0.4, -0.2) is 53.2 Å². The van der Waals surface area contributed by atoms with Crippen LogP contribution >= 0.6 is 11.6 Å². The largest absolute Gasteiger partial charge is 0.375 e. The normalized spacial score (nSPS) is 16.0. The molecule has 1 aromatic carbocycles. The zero-order valence-electron chi connectivity index (χ0n) is 13.1. The van der Waals surface area contributed by atoms with Gasteiger partial charge < -0.3 is 4.90 Å². The van der Waals surface area contributed by atoms with Crippen LogP contribution in [0.1, 0.15) is 23.7 Å². The molecule has 124 valence electrons. The molecular formula is C16H20ClN3O3. The van der Waals surface area contributed by atoms with Crippen molar-refractivity contribution in [2.45, 2.75) is 13.3 Å². The van der Waals surface area contributed by atoms with Crippen LogP contribution in [0.15, 0.2) is 30.5 Å². The molecule has 23 heavy (non-hydrogen) atoms. The first-order chi connectivity index (χ1) is 11.0. The Hall–Kier alpha value is -1.92. The maximum atomic E-state index is 12.2. The lowest BCUT2D eigenvalue weighted by Crippen LogP contribution is -2.44. The third kappa shape index (κ3) is 4.77. The number of rotatable bonds is 6. The number of allylic oxidation sites excluding steroid dienone is 1. The molecule has 1 heterocycles. The average molecular weight is 338 g/mol. The molecule has 0 amide bonds. The minimum absolute atomic E-state index is 0.0302. The highest BCUT2D eigenvalue weighted by Gasteiger charge is 2.16. The molecule has 0 aromatic heterocycles. The van der Waals surface area contributed by atoms with Crippen molar-refractivity contribution in [1.82, 2.24) is 9.80 Å². The second-order valence-electron chi connectivity index (χ2n) is 5.48. The number of ketones is 1. The van der Waals surface area contributed by atoms with Crippen LogP contribution in [0.4, 0.5) is 5.69 Å². The molecule has 0 saturated carbocycles.